The molecule has 1 aliphatic rings. The van der Waals surface area contributed by atoms with Crippen molar-refractivity contribution in [1.82, 2.24) is 15.1 Å². The maximum Gasteiger partial charge on any atom is 0.234 e. The van der Waals surface area contributed by atoms with Gasteiger partial charge in [0, 0.05) is 49.2 Å². The van der Waals surface area contributed by atoms with Crippen molar-refractivity contribution in [2.45, 2.75) is 13.0 Å². The average molecular weight is 412 g/mol. The Hall–Kier alpha value is -1.11. The normalized spacial score (nSPS) is 15.9. The highest BCUT2D eigenvalue weighted by Crippen LogP contribution is 2.23. The molecule has 7 heteroatoms. The third-order valence-corrected chi connectivity index (χ3v) is 5.96. The van der Waals surface area contributed by atoms with Crippen LogP contribution >= 0.6 is 34.5 Å². The summed E-state index contributed by atoms with van der Waals surface area (Å²) >= 11 is 13.5. The number of halogens is 2. The van der Waals surface area contributed by atoms with Crippen LogP contribution in [0.4, 0.5) is 0 Å². The van der Waals surface area contributed by atoms with Crippen LogP contribution in [-0.2, 0) is 17.8 Å². The molecule has 1 fully saturated rings. The van der Waals surface area contributed by atoms with E-state index in [2.05, 4.69) is 21.2 Å². The van der Waals surface area contributed by atoms with Gasteiger partial charge in [-0.25, -0.2) is 0 Å². The summed E-state index contributed by atoms with van der Waals surface area (Å²) < 4.78 is 0.842. The number of nitrogens with zero attached hydrogens (tertiary/aromatic N) is 2. The third-order valence-electron chi connectivity index (χ3n) is 4.49. The van der Waals surface area contributed by atoms with Gasteiger partial charge in [-0.1, -0.05) is 35.3 Å². The fourth-order valence-electron chi connectivity index (χ4n) is 3.02. The molecule has 3 rings (SSSR count). The molecule has 1 aromatic carbocycles. The van der Waals surface area contributed by atoms with E-state index in [4.69, 9.17) is 23.2 Å². The molecule has 0 unspecified atom stereocenters. The number of nitrogens with one attached hydrogen (secondary N) is 1. The molecule has 2 heterocycles. The first kappa shape index (κ1) is 19.6. The molecular weight excluding hydrogens is 389 g/mol. The van der Waals surface area contributed by atoms with Crippen molar-refractivity contribution < 1.29 is 4.79 Å². The maximum atomic E-state index is 12.1. The largest absolute Gasteiger partial charge is 0.355 e. The van der Waals surface area contributed by atoms with Crippen molar-refractivity contribution in [2.24, 2.45) is 0 Å². The van der Waals surface area contributed by atoms with Gasteiger partial charge in [0.15, 0.2) is 0 Å². The zero-order chi connectivity index (χ0) is 18.4. The monoisotopic (exact) mass is 411 g/mol. The van der Waals surface area contributed by atoms with Gasteiger partial charge < -0.3 is 5.32 Å². The van der Waals surface area contributed by atoms with E-state index >= 15 is 0 Å². The highest BCUT2D eigenvalue weighted by molar-refractivity contribution is 7.16. The van der Waals surface area contributed by atoms with Crippen molar-refractivity contribution >= 4 is 40.4 Å². The summed E-state index contributed by atoms with van der Waals surface area (Å²) in [7, 11) is 0. The van der Waals surface area contributed by atoms with Crippen LogP contribution in [0.25, 0.3) is 0 Å². The predicted octanol–water partition coefficient (Wildman–Crippen LogP) is 3.53. The second-order valence-corrected chi connectivity index (χ2v) is 8.72. The molecule has 26 heavy (non-hydrogen) atoms. The highest BCUT2D eigenvalue weighted by Gasteiger charge is 2.19. The van der Waals surface area contributed by atoms with E-state index in [0.29, 0.717) is 13.1 Å². The van der Waals surface area contributed by atoms with Gasteiger partial charge in [-0.2, -0.15) is 0 Å². The van der Waals surface area contributed by atoms with Crippen LogP contribution in [0.2, 0.25) is 9.36 Å². The van der Waals surface area contributed by atoms with Gasteiger partial charge in [-0.3, -0.25) is 14.6 Å². The quantitative estimate of drug-likeness (QED) is 0.756. The van der Waals surface area contributed by atoms with Crippen molar-refractivity contribution in [2.75, 3.05) is 39.3 Å². The van der Waals surface area contributed by atoms with E-state index in [1.807, 2.05) is 30.3 Å². The fraction of sp³-hybridized carbons (Fsp3) is 0.421. The molecule has 1 amide bonds. The molecule has 1 aromatic heterocycles. The number of rotatable bonds is 7. The van der Waals surface area contributed by atoms with Crippen LogP contribution in [0.3, 0.4) is 0 Å². The summed E-state index contributed by atoms with van der Waals surface area (Å²) in [6.07, 6.45) is 0.820. The molecule has 1 N–H and O–H groups in total. The lowest BCUT2D eigenvalue weighted by Gasteiger charge is -2.34. The second-order valence-electron chi connectivity index (χ2n) is 6.48. The van der Waals surface area contributed by atoms with Crippen LogP contribution in [-0.4, -0.2) is 55.0 Å². The zero-order valence-corrected chi connectivity index (χ0v) is 16.9. The molecule has 0 bridgehead atoms. The summed E-state index contributed by atoms with van der Waals surface area (Å²) in [5.41, 5.74) is 1.18. The van der Waals surface area contributed by atoms with Gasteiger partial charge in [0.25, 0.3) is 0 Å². The van der Waals surface area contributed by atoms with E-state index in [1.165, 1.54) is 10.4 Å². The molecule has 2 aromatic rings. The first-order valence-corrected chi connectivity index (χ1v) is 10.4. The van der Waals surface area contributed by atoms with Crippen molar-refractivity contribution in [3.05, 3.63) is 56.2 Å². The summed E-state index contributed by atoms with van der Waals surface area (Å²) in [6, 6.07) is 11.8. The van der Waals surface area contributed by atoms with E-state index in [9.17, 15) is 4.79 Å². The fourth-order valence-corrected chi connectivity index (χ4v) is 4.27. The average Bonchev–Trinajstić information content (AvgIpc) is 3.03. The molecule has 0 atom stereocenters. The first-order valence-electron chi connectivity index (χ1n) is 8.78. The molecule has 4 nitrogen and oxygen atoms in total. The lowest BCUT2D eigenvalue weighted by atomic mass is 10.1. The Morgan fingerprint density at radius 3 is 2.35 bits per heavy atom. The Morgan fingerprint density at radius 2 is 1.69 bits per heavy atom. The molecule has 1 aliphatic heterocycles. The minimum absolute atomic E-state index is 0.0949. The zero-order valence-electron chi connectivity index (χ0n) is 14.6. The smallest absolute Gasteiger partial charge is 0.234 e. The third kappa shape index (κ3) is 6.25. The van der Waals surface area contributed by atoms with Crippen molar-refractivity contribution in [3.8, 4) is 0 Å². The topological polar surface area (TPSA) is 35.6 Å². The number of carbonyl (C=O) groups excluding carboxylic acids is 1. The van der Waals surface area contributed by atoms with Gasteiger partial charge in [-0.05, 0) is 36.2 Å². The lowest BCUT2D eigenvalue weighted by Crippen LogP contribution is -2.49. The number of carbonyl (C=O) groups is 1. The molecule has 1 saturated heterocycles. The Morgan fingerprint density at radius 1 is 1.00 bits per heavy atom. The molecule has 140 valence electrons. The minimum atomic E-state index is 0.0949. The van der Waals surface area contributed by atoms with Crippen molar-refractivity contribution in [3.63, 3.8) is 0 Å². The second kappa shape index (κ2) is 9.72. The maximum absolute atomic E-state index is 12.1. The van der Waals surface area contributed by atoms with E-state index in [1.54, 1.807) is 11.3 Å². The molecule has 0 radical (unpaired) electrons. The van der Waals surface area contributed by atoms with Gasteiger partial charge in [-0.15, -0.1) is 11.3 Å². The number of piperazine rings is 1. The summed E-state index contributed by atoms with van der Waals surface area (Å²) in [4.78, 5) is 18.1. The van der Waals surface area contributed by atoms with Gasteiger partial charge in [0.05, 0.1) is 10.9 Å². The molecule has 0 spiro atoms. The minimum Gasteiger partial charge on any atom is -0.355 e. The van der Waals surface area contributed by atoms with Gasteiger partial charge in [0.2, 0.25) is 5.91 Å². The summed E-state index contributed by atoms with van der Waals surface area (Å²) in [5.74, 6) is 0.0949. The SMILES string of the molecule is O=C(CN1CCN(Cc2ccc(Cl)s2)CC1)NCCc1ccc(Cl)cc1. The highest BCUT2D eigenvalue weighted by atomic mass is 35.5. The number of hydrogen-bond donors (Lipinski definition) is 1. The van der Waals surface area contributed by atoms with E-state index < -0.39 is 0 Å². The van der Waals surface area contributed by atoms with Crippen LogP contribution < -0.4 is 5.32 Å². The number of thiophene rings is 1. The van der Waals surface area contributed by atoms with Crippen LogP contribution in [0.1, 0.15) is 10.4 Å². The number of hydrogen-bond acceptors (Lipinski definition) is 4. The first-order chi connectivity index (χ1) is 12.6. The van der Waals surface area contributed by atoms with Crippen molar-refractivity contribution in [1.29, 1.82) is 0 Å². The predicted molar refractivity (Wildman–Crippen MR) is 109 cm³/mol. The number of benzene rings is 1. The summed E-state index contributed by atoms with van der Waals surface area (Å²) in [6.45, 7) is 5.87. The standard InChI is InChI=1S/C19H23Cl2N3OS/c20-16-3-1-15(2-4-16)7-8-22-19(25)14-24-11-9-23(10-12-24)13-17-5-6-18(21)26-17/h1-6H,7-14H2,(H,22,25). The van der Waals surface area contributed by atoms with Crippen LogP contribution in [0, 0.1) is 0 Å². The van der Waals surface area contributed by atoms with Crippen LogP contribution in [0.15, 0.2) is 36.4 Å². The van der Waals surface area contributed by atoms with Crippen LogP contribution in [0.5, 0.6) is 0 Å². The number of amides is 1. The Bertz CT molecular complexity index is 712. The van der Waals surface area contributed by atoms with Gasteiger partial charge >= 0.3 is 0 Å². The van der Waals surface area contributed by atoms with Gasteiger partial charge in [0.1, 0.15) is 0 Å². The molecule has 0 saturated carbocycles. The Kier molecular flexibility index (Phi) is 7.34. The molecule has 0 aliphatic carbocycles. The Balaban J connectivity index is 1.32. The van der Waals surface area contributed by atoms with E-state index in [0.717, 1.165) is 48.5 Å². The summed E-state index contributed by atoms with van der Waals surface area (Å²) in [5, 5.41) is 3.74. The Labute approximate surface area is 168 Å². The van der Waals surface area contributed by atoms with E-state index in [-0.39, 0.29) is 5.91 Å². The lowest BCUT2D eigenvalue weighted by molar-refractivity contribution is -0.122. The molecular formula is C19H23Cl2N3OS.